The number of carbonyl (C=O) groups is 3. The van der Waals surface area contributed by atoms with E-state index in [1.54, 1.807) is 0 Å². The molecule has 72 heavy (non-hydrogen) atoms. The number of rotatable bonds is 60. The second kappa shape index (κ2) is 58.7. The molecule has 1 atom stereocenters. The fourth-order valence-corrected chi connectivity index (χ4v) is 10.3. The lowest BCUT2D eigenvalue weighted by molar-refractivity contribution is -0.167. The lowest BCUT2D eigenvalue weighted by Crippen LogP contribution is -2.30. The molecule has 0 aliphatic carbocycles. The normalized spacial score (nSPS) is 12.0. The first-order chi connectivity index (χ1) is 35.2. The van der Waals surface area contributed by atoms with Crippen molar-refractivity contribution in [2.24, 2.45) is 11.8 Å². The third kappa shape index (κ3) is 59.3. The van der Waals surface area contributed by atoms with Gasteiger partial charge in [0.05, 0.1) is 0 Å². The molecule has 0 aromatic heterocycles. The molecule has 0 bridgehead atoms. The molecule has 428 valence electrons. The minimum absolute atomic E-state index is 0.0616. The van der Waals surface area contributed by atoms with Crippen molar-refractivity contribution in [3.8, 4) is 0 Å². The van der Waals surface area contributed by atoms with E-state index >= 15 is 0 Å². The van der Waals surface area contributed by atoms with Gasteiger partial charge < -0.3 is 14.2 Å². The van der Waals surface area contributed by atoms with E-state index in [1.165, 1.54) is 263 Å². The van der Waals surface area contributed by atoms with E-state index in [1.807, 2.05) is 0 Å². The SMILES string of the molecule is CCCCCCCCCCCCCCCCCCCCCC(=O)OC[C@@H](COC(=O)CCCCCCCCCCCCCCCCC(C)C)OC(=O)CCCCCCCCCCCCCCCCCC(C)C. The summed E-state index contributed by atoms with van der Waals surface area (Å²) in [5.74, 6) is 0.863. The Hall–Kier alpha value is -1.59. The van der Waals surface area contributed by atoms with E-state index in [0.717, 1.165) is 69.6 Å². The molecule has 0 unspecified atom stereocenters. The van der Waals surface area contributed by atoms with Gasteiger partial charge in [0.15, 0.2) is 6.10 Å². The first-order valence-corrected chi connectivity index (χ1v) is 32.7. The van der Waals surface area contributed by atoms with E-state index < -0.39 is 6.10 Å². The fraction of sp³-hybridized carbons (Fsp3) is 0.955. The quantitative estimate of drug-likeness (QED) is 0.0343. The lowest BCUT2D eigenvalue weighted by Gasteiger charge is -2.18. The van der Waals surface area contributed by atoms with E-state index in [-0.39, 0.29) is 31.1 Å². The van der Waals surface area contributed by atoms with Gasteiger partial charge in [0, 0.05) is 19.3 Å². The Bertz CT molecular complexity index is 1100. The Morgan fingerprint density at radius 1 is 0.264 bits per heavy atom. The van der Waals surface area contributed by atoms with Gasteiger partial charge in [-0.2, -0.15) is 0 Å². The van der Waals surface area contributed by atoms with Crippen molar-refractivity contribution in [2.45, 2.75) is 381 Å². The predicted molar refractivity (Wildman–Crippen MR) is 312 cm³/mol. The molecular formula is C66H128O6. The van der Waals surface area contributed by atoms with Crippen LogP contribution in [0.4, 0.5) is 0 Å². The van der Waals surface area contributed by atoms with Crippen LogP contribution in [-0.4, -0.2) is 37.2 Å². The van der Waals surface area contributed by atoms with E-state index in [0.29, 0.717) is 19.3 Å². The molecule has 0 heterocycles. The Labute approximate surface area is 450 Å². The number of esters is 3. The fourth-order valence-electron chi connectivity index (χ4n) is 10.3. The number of hydrogen-bond acceptors (Lipinski definition) is 6. The zero-order valence-corrected chi connectivity index (χ0v) is 49.6. The van der Waals surface area contributed by atoms with E-state index in [2.05, 4.69) is 34.6 Å². The van der Waals surface area contributed by atoms with Gasteiger partial charge in [0.1, 0.15) is 13.2 Å². The van der Waals surface area contributed by atoms with Crippen molar-refractivity contribution in [3.05, 3.63) is 0 Å². The molecule has 0 radical (unpaired) electrons. The predicted octanol–water partition coefficient (Wildman–Crippen LogP) is 22.0. The molecule has 0 aromatic rings. The van der Waals surface area contributed by atoms with Crippen LogP contribution in [0.15, 0.2) is 0 Å². The van der Waals surface area contributed by atoms with Crippen LogP contribution < -0.4 is 0 Å². The monoisotopic (exact) mass is 1020 g/mol. The first-order valence-electron chi connectivity index (χ1n) is 32.7. The van der Waals surface area contributed by atoms with Crippen LogP contribution >= 0.6 is 0 Å². The van der Waals surface area contributed by atoms with Gasteiger partial charge in [0.25, 0.3) is 0 Å². The molecule has 0 aromatic carbocycles. The summed E-state index contributed by atoms with van der Waals surface area (Å²) in [6.07, 6.45) is 65.3. The standard InChI is InChI=1S/C66H128O6/c1-6-7-8-9-10-11-12-13-14-15-16-17-20-26-31-36-41-46-51-56-64(67)70-59-63(60-71-65(68)57-52-47-42-37-32-27-23-22-25-30-35-40-45-50-55-62(4)5)72-66(69)58-53-48-43-38-33-28-21-18-19-24-29-34-39-44-49-54-61(2)3/h61-63H,6-60H2,1-5H3/t63-/m0/s1. The summed E-state index contributed by atoms with van der Waals surface area (Å²) in [5.41, 5.74) is 0. The van der Waals surface area contributed by atoms with Crippen LogP contribution in [0.3, 0.4) is 0 Å². The molecule has 0 N–H and O–H groups in total. The van der Waals surface area contributed by atoms with Crippen LogP contribution in [0.25, 0.3) is 0 Å². The maximum atomic E-state index is 12.9. The molecular weight excluding hydrogens is 889 g/mol. The summed E-state index contributed by atoms with van der Waals surface area (Å²) in [6, 6.07) is 0. The lowest BCUT2D eigenvalue weighted by atomic mass is 10.0. The zero-order valence-electron chi connectivity index (χ0n) is 49.6. The highest BCUT2D eigenvalue weighted by Gasteiger charge is 2.19. The van der Waals surface area contributed by atoms with Crippen molar-refractivity contribution < 1.29 is 28.6 Å². The summed E-state index contributed by atoms with van der Waals surface area (Å²) in [4.78, 5) is 38.4. The van der Waals surface area contributed by atoms with Crippen molar-refractivity contribution in [2.75, 3.05) is 13.2 Å². The topological polar surface area (TPSA) is 78.9 Å². The van der Waals surface area contributed by atoms with Gasteiger partial charge in [-0.25, -0.2) is 0 Å². The molecule has 0 aliphatic rings. The zero-order chi connectivity index (χ0) is 52.5. The Morgan fingerprint density at radius 3 is 0.681 bits per heavy atom. The highest BCUT2D eigenvalue weighted by molar-refractivity contribution is 5.71. The summed E-state index contributed by atoms with van der Waals surface area (Å²) in [6.45, 7) is 11.5. The van der Waals surface area contributed by atoms with Crippen molar-refractivity contribution >= 4 is 17.9 Å². The van der Waals surface area contributed by atoms with Gasteiger partial charge in [-0.05, 0) is 31.1 Å². The number of hydrogen-bond donors (Lipinski definition) is 0. The molecule has 0 saturated carbocycles. The summed E-state index contributed by atoms with van der Waals surface area (Å²) < 4.78 is 17.0. The number of ether oxygens (including phenoxy) is 3. The smallest absolute Gasteiger partial charge is 0.306 e. The molecule has 6 nitrogen and oxygen atoms in total. The summed E-state index contributed by atoms with van der Waals surface area (Å²) in [5, 5.41) is 0. The maximum Gasteiger partial charge on any atom is 0.306 e. The highest BCUT2D eigenvalue weighted by Crippen LogP contribution is 2.19. The molecule has 0 aliphatic heterocycles. The van der Waals surface area contributed by atoms with Crippen LogP contribution in [0.1, 0.15) is 375 Å². The molecule has 0 amide bonds. The summed E-state index contributed by atoms with van der Waals surface area (Å²) in [7, 11) is 0. The van der Waals surface area contributed by atoms with E-state index in [9.17, 15) is 14.4 Å². The number of unbranched alkanes of at least 4 members (excludes halogenated alkanes) is 45. The molecule has 6 heteroatoms. The Morgan fingerprint density at radius 2 is 0.458 bits per heavy atom. The summed E-state index contributed by atoms with van der Waals surface area (Å²) >= 11 is 0. The second-order valence-corrected chi connectivity index (χ2v) is 23.7. The van der Waals surface area contributed by atoms with Crippen molar-refractivity contribution in [3.63, 3.8) is 0 Å². The van der Waals surface area contributed by atoms with Crippen LogP contribution in [0.2, 0.25) is 0 Å². The Balaban J connectivity index is 4.29. The first kappa shape index (κ1) is 70.4. The molecule has 0 saturated heterocycles. The number of carbonyl (C=O) groups excluding carboxylic acids is 3. The van der Waals surface area contributed by atoms with Crippen LogP contribution in [0.5, 0.6) is 0 Å². The third-order valence-electron chi connectivity index (χ3n) is 15.2. The van der Waals surface area contributed by atoms with Crippen molar-refractivity contribution in [1.82, 2.24) is 0 Å². The van der Waals surface area contributed by atoms with Crippen LogP contribution in [0, 0.1) is 11.8 Å². The second-order valence-electron chi connectivity index (χ2n) is 23.7. The average Bonchev–Trinajstić information content (AvgIpc) is 3.36. The Kier molecular flexibility index (Phi) is 57.4. The molecule has 0 rings (SSSR count). The maximum absolute atomic E-state index is 12.9. The highest BCUT2D eigenvalue weighted by atomic mass is 16.6. The minimum atomic E-state index is -0.764. The molecule has 0 spiro atoms. The van der Waals surface area contributed by atoms with Gasteiger partial charge in [0.2, 0.25) is 0 Å². The van der Waals surface area contributed by atoms with Crippen LogP contribution in [-0.2, 0) is 28.6 Å². The average molecular weight is 1020 g/mol. The minimum Gasteiger partial charge on any atom is -0.462 e. The van der Waals surface area contributed by atoms with Gasteiger partial charge in [-0.15, -0.1) is 0 Å². The molecule has 0 fully saturated rings. The van der Waals surface area contributed by atoms with Gasteiger partial charge in [-0.3, -0.25) is 14.4 Å². The van der Waals surface area contributed by atoms with Gasteiger partial charge in [-0.1, -0.05) is 336 Å². The third-order valence-corrected chi connectivity index (χ3v) is 15.2. The van der Waals surface area contributed by atoms with Gasteiger partial charge >= 0.3 is 17.9 Å². The largest absolute Gasteiger partial charge is 0.462 e. The van der Waals surface area contributed by atoms with E-state index in [4.69, 9.17) is 14.2 Å². The van der Waals surface area contributed by atoms with Crippen molar-refractivity contribution in [1.29, 1.82) is 0 Å².